The fourth-order valence-electron chi connectivity index (χ4n) is 3.40. The number of nitrogens with zero attached hydrogens (tertiary/aromatic N) is 1. The molecule has 3 amide bonds. The standard InChI is InChI=1S/C26H20ClN3O5S/c1-34-22-14-16(7-12-21(22)35-15-23(31)28-18-5-3-2-4-6-18)13-20-24(32)29-26(36)30(25(20)33)19-10-8-17(27)9-11-19/h2-14H,15H2,1H3,(H,28,31)(H,29,32,36). The first kappa shape index (κ1) is 24.9. The number of nitrogens with one attached hydrogen (secondary N) is 2. The number of carbonyl (C=O) groups excluding carboxylic acids is 3. The van der Waals surface area contributed by atoms with Crippen LogP contribution in [0.5, 0.6) is 11.5 Å². The molecule has 0 atom stereocenters. The van der Waals surface area contributed by atoms with Crippen molar-refractivity contribution in [2.45, 2.75) is 0 Å². The van der Waals surface area contributed by atoms with E-state index in [0.717, 1.165) is 0 Å². The van der Waals surface area contributed by atoms with E-state index in [9.17, 15) is 14.4 Å². The zero-order chi connectivity index (χ0) is 25.7. The summed E-state index contributed by atoms with van der Waals surface area (Å²) in [6.45, 7) is -0.236. The second-order valence-electron chi connectivity index (χ2n) is 7.55. The quantitative estimate of drug-likeness (QED) is 0.275. The first-order valence-corrected chi connectivity index (χ1v) is 11.5. The van der Waals surface area contributed by atoms with Crippen LogP contribution in [0, 0.1) is 0 Å². The van der Waals surface area contributed by atoms with Crippen LogP contribution in [0.4, 0.5) is 11.4 Å². The molecule has 0 radical (unpaired) electrons. The summed E-state index contributed by atoms with van der Waals surface area (Å²) < 4.78 is 11.0. The van der Waals surface area contributed by atoms with E-state index in [1.807, 2.05) is 18.2 Å². The molecule has 1 saturated heterocycles. The lowest BCUT2D eigenvalue weighted by Gasteiger charge is -2.29. The third kappa shape index (κ3) is 5.70. The van der Waals surface area contributed by atoms with Gasteiger partial charge < -0.3 is 14.8 Å². The fraction of sp³-hybridized carbons (Fsp3) is 0.0769. The van der Waals surface area contributed by atoms with Gasteiger partial charge in [-0.15, -0.1) is 0 Å². The molecular weight excluding hydrogens is 502 g/mol. The van der Waals surface area contributed by atoms with E-state index in [1.165, 1.54) is 18.1 Å². The summed E-state index contributed by atoms with van der Waals surface area (Å²) in [6.07, 6.45) is 1.43. The third-order valence-electron chi connectivity index (χ3n) is 5.10. The molecule has 0 aliphatic carbocycles. The van der Waals surface area contributed by atoms with Gasteiger partial charge in [0.2, 0.25) is 0 Å². The van der Waals surface area contributed by atoms with Gasteiger partial charge in [-0.05, 0) is 72.4 Å². The Kier molecular flexibility index (Phi) is 7.62. The Morgan fingerprint density at radius 1 is 1.06 bits per heavy atom. The van der Waals surface area contributed by atoms with E-state index in [2.05, 4.69) is 10.6 Å². The predicted molar refractivity (Wildman–Crippen MR) is 141 cm³/mol. The molecule has 1 aliphatic rings. The number of halogens is 1. The van der Waals surface area contributed by atoms with Crippen LogP contribution < -0.4 is 25.0 Å². The maximum Gasteiger partial charge on any atom is 0.270 e. The van der Waals surface area contributed by atoms with Gasteiger partial charge in [0, 0.05) is 10.7 Å². The average molecular weight is 522 g/mol. The molecule has 0 aromatic heterocycles. The van der Waals surface area contributed by atoms with E-state index >= 15 is 0 Å². The summed E-state index contributed by atoms with van der Waals surface area (Å²) in [6, 6.07) is 20.3. The molecule has 8 nitrogen and oxygen atoms in total. The van der Waals surface area contributed by atoms with Gasteiger partial charge in [0.15, 0.2) is 23.2 Å². The van der Waals surface area contributed by atoms with Gasteiger partial charge in [0.25, 0.3) is 17.7 Å². The first-order valence-electron chi connectivity index (χ1n) is 10.7. The van der Waals surface area contributed by atoms with Crippen LogP contribution in [0.25, 0.3) is 6.08 Å². The molecule has 0 spiro atoms. The maximum absolute atomic E-state index is 13.2. The highest BCUT2D eigenvalue weighted by atomic mass is 35.5. The molecule has 1 fully saturated rings. The molecule has 3 aromatic rings. The molecule has 1 heterocycles. The Morgan fingerprint density at radius 2 is 1.78 bits per heavy atom. The molecule has 3 aromatic carbocycles. The van der Waals surface area contributed by atoms with E-state index < -0.39 is 11.8 Å². The zero-order valence-electron chi connectivity index (χ0n) is 19.0. The van der Waals surface area contributed by atoms with Gasteiger partial charge in [0.05, 0.1) is 12.8 Å². The van der Waals surface area contributed by atoms with Gasteiger partial charge >= 0.3 is 0 Å². The van der Waals surface area contributed by atoms with Crippen molar-refractivity contribution >= 4 is 64.1 Å². The number of ether oxygens (including phenoxy) is 2. The number of para-hydroxylation sites is 1. The highest BCUT2D eigenvalue weighted by molar-refractivity contribution is 7.80. The lowest BCUT2D eigenvalue weighted by atomic mass is 10.1. The largest absolute Gasteiger partial charge is 0.493 e. The van der Waals surface area contributed by atoms with Crippen LogP contribution in [0.15, 0.2) is 78.4 Å². The second kappa shape index (κ2) is 11.0. The van der Waals surface area contributed by atoms with Crippen molar-refractivity contribution in [1.82, 2.24) is 5.32 Å². The number of amides is 3. The minimum atomic E-state index is -0.618. The number of hydrogen-bond donors (Lipinski definition) is 2. The average Bonchev–Trinajstić information content (AvgIpc) is 2.87. The smallest absolute Gasteiger partial charge is 0.270 e. The first-order chi connectivity index (χ1) is 17.4. The van der Waals surface area contributed by atoms with E-state index in [1.54, 1.807) is 54.6 Å². The van der Waals surface area contributed by atoms with Gasteiger partial charge in [-0.2, -0.15) is 0 Å². The van der Waals surface area contributed by atoms with E-state index in [4.69, 9.17) is 33.3 Å². The summed E-state index contributed by atoms with van der Waals surface area (Å²) in [7, 11) is 1.45. The molecule has 4 rings (SSSR count). The topological polar surface area (TPSA) is 97.0 Å². The van der Waals surface area contributed by atoms with Crippen molar-refractivity contribution in [3.05, 3.63) is 89.0 Å². The van der Waals surface area contributed by atoms with Crippen LogP contribution in [0.2, 0.25) is 5.02 Å². The molecule has 0 saturated carbocycles. The monoisotopic (exact) mass is 521 g/mol. The van der Waals surface area contributed by atoms with Crippen molar-refractivity contribution in [3.8, 4) is 11.5 Å². The van der Waals surface area contributed by atoms with Gasteiger partial charge in [-0.25, -0.2) is 0 Å². The Labute approximate surface area is 217 Å². The van der Waals surface area contributed by atoms with Crippen molar-refractivity contribution in [2.75, 3.05) is 23.9 Å². The number of benzene rings is 3. The zero-order valence-corrected chi connectivity index (χ0v) is 20.6. The Balaban J connectivity index is 1.51. The van der Waals surface area contributed by atoms with Crippen LogP contribution in [-0.4, -0.2) is 36.6 Å². The minimum Gasteiger partial charge on any atom is -0.493 e. The number of thiocarbonyl (C=S) groups is 1. The third-order valence-corrected chi connectivity index (χ3v) is 5.64. The molecule has 2 N–H and O–H groups in total. The van der Waals surface area contributed by atoms with Crippen molar-refractivity contribution in [3.63, 3.8) is 0 Å². The Bertz CT molecular complexity index is 1360. The number of rotatable bonds is 7. The van der Waals surface area contributed by atoms with Gasteiger partial charge in [-0.3, -0.25) is 24.6 Å². The highest BCUT2D eigenvalue weighted by Crippen LogP contribution is 2.30. The van der Waals surface area contributed by atoms with Crippen LogP contribution >= 0.6 is 23.8 Å². The number of anilines is 2. The van der Waals surface area contributed by atoms with E-state index in [0.29, 0.717) is 33.5 Å². The highest BCUT2D eigenvalue weighted by Gasteiger charge is 2.34. The summed E-state index contributed by atoms with van der Waals surface area (Å²) in [5.74, 6) is -0.885. The van der Waals surface area contributed by atoms with Crippen molar-refractivity contribution in [2.24, 2.45) is 0 Å². The Hall–Kier alpha value is -4.21. The molecule has 10 heteroatoms. The van der Waals surface area contributed by atoms with E-state index in [-0.39, 0.29) is 23.2 Å². The molecule has 182 valence electrons. The van der Waals surface area contributed by atoms with Crippen LogP contribution in [-0.2, 0) is 14.4 Å². The molecule has 0 unspecified atom stereocenters. The van der Waals surface area contributed by atoms with Crippen molar-refractivity contribution in [1.29, 1.82) is 0 Å². The molecule has 1 aliphatic heterocycles. The SMILES string of the molecule is COc1cc(C=C2C(=O)NC(=S)N(c3ccc(Cl)cc3)C2=O)ccc1OCC(=O)Nc1ccccc1. The number of hydrogen-bond acceptors (Lipinski definition) is 6. The van der Waals surface area contributed by atoms with Gasteiger partial charge in [-0.1, -0.05) is 35.9 Å². The summed E-state index contributed by atoms with van der Waals surface area (Å²) in [5.41, 5.74) is 1.52. The molecule has 0 bridgehead atoms. The second-order valence-corrected chi connectivity index (χ2v) is 8.37. The Morgan fingerprint density at radius 3 is 2.47 bits per heavy atom. The molecular formula is C26H20ClN3O5S. The summed E-state index contributed by atoms with van der Waals surface area (Å²) >= 11 is 11.1. The normalized spacial score (nSPS) is 14.4. The number of methoxy groups -OCH3 is 1. The minimum absolute atomic E-state index is 0.0282. The molecule has 36 heavy (non-hydrogen) atoms. The summed E-state index contributed by atoms with van der Waals surface area (Å²) in [5, 5.41) is 5.73. The lowest BCUT2D eigenvalue weighted by Crippen LogP contribution is -2.54. The predicted octanol–water partition coefficient (Wildman–Crippen LogP) is 4.20. The summed E-state index contributed by atoms with van der Waals surface area (Å²) in [4.78, 5) is 39.1. The van der Waals surface area contributed by atoms with Gasteiger partial charge in [0.1, 0.15) is 5.57 Å². The fourth-order valence-corrected chi connectivity index (χ4v) is 3.81. The van der Waals surface area contributed by atoms with Crippen LogP contribution in [0.3, 0.4) is 0 Å². The number of carbonyl (C=O) groups is 3. The lowest BCUT2D eigenvalue weighted by molar-refractivity contribution is -0.122. The maximum atomic E-state index is 13.2. The van der Waals surface area contributed by atoms with Crippen molar-refractivity contribution < 1.29 is 23.9 Å². The van der Waals surface area contributed by atoms with Crippen LogP contribution in [0.1, 0.15) is 5.56 Å².